The van der Waals surface area contributed by atoms with E-state index in [1.165, 1.54) is 32.1 Å². The predicted octanol–water partition coefficient (Wildman–Crippen LogP) is 2.31. The highest BCUT2D eigenvalue weighted by molar-refractivity contribution is 8.00. The molecule has 0 saturated heterocycles. The van der Waals surface area contributed by atoms with Crippen LogP contribution in [0.4, 0.5) is 0 Å². The Balaban J connectivity index is 1.69. The molecule has 0 aromatic heterocycles. The fourth-order valence-corrected chi connectivity index (χ4v) is 3.78. The van der Waals surface area contributed by atoms with Crippen LogP contribution in [-0.2, 0) is 4.79 Å². The van der Waals surface area contributed by atoms with Crippen molar-refractivity contribution in [2.45, 2.75) is 68.7 Å². The van der Waals surface area contributed by atoms with Gasteiger partial charge in [0.05, 0.1) is 6.04 Å². The van der Waals surface area contributed by atoms with Crippen molar-refractivity contribution < 1.29 is 4.79 Å². The third-order valence-electron chi connectivity index (χ3n) is 4.52. The summed E-state index contributed by atoms with van der Waals surface area (Å²) in [7, 11) is 0. The molecule has 0 spiro atoms. The summed E-state index contributed by atoms with van der Waals surface area (Å²) in [5.74, 6) is 0.178. The van der Waals surface area contributed by atoms with Crippen molar-refractivity contribution in [1.82, 2.24) is 10.6 Å². The van der Waals surface area contributed by atoms with Crippen LogP contribution in [0.15, 0.2) is 0 Å². The zero-order valence-electron chi connectivity index (χ0n) is 11.6. The number of nitrogens with one attached hydrogen (secondary N) is 2. The second-order valence-corrected chi connectivity index (χ2v) is 7.11. The van der Waals surface area contributed by atoms with Gasteiger partial charge in [-0.25, -0.2) is 0 Å². The monoisotopic (exact) mass is 270 g/mol. The van der Waals surface area contributed by atoms with Gasteiger partial charge in [0.25, 0.3) is 0 Å². The van der Waals surface area contributed by atoms with Crippen molar-refractivity contribution in [3.8, 4) is 0 Å². The molecular weight excluding hydrogens is 244 g/mol. The van der Waals surface area contributed by atoms with Crippen molar-refractivity contribution in [3.63, 3.8) is 0 Å². The molecular formula is C14H26N2OS. The summed E-state index contributed by atoms with van der Waals surface area (Å²) in [4.78, 5) is 12.0. The average molecular weight is 270 g/mol. The Morgan fingerprint density at radius 1 is 1.33 bits per heavy atom. The van der Waals surface area contributed by atoms with Gasteiger partial charge < -0.3 is 10.6 Å². The minimum absolute atomic E-state index is 0.0600. The van der Waals surface area contributed by atoms with Crippen molar-refractivity contribution in [1.29, 1.82) is 0 Å². The summed E-state index contributed by atoms with van der Waals surface area (Å²) in [6.45, 7) is 2.95. The molecule has 2 aliphatic rings. The second kappa shape index (κ2) is 6.29. The Labute approximate surface area is 115 Å². The van der Waals surface area contributed by atoms with Crippen molar-refractivity contribution in [2.75, 3.05) is 12.8 Å². The first-order valence-electron chi connectivity index (χ1n) is 7.24. The number of rotatable bonds is 6. The lowest BCUT2D eigenvalue weighted by Crippen LogP contribution is -2.51. The van der Waals surface area contributed by atoms with Gasteiger partial charge in [-0.15, -0.1) is 0 Å². The standard InChI is InChI=1S/C14H26N2OS/c1-11(13(17)16-12-6-3-4-7-12)15-10-14(18-2)8-5-9-14/h11-12,15H,3-10H2,1-2H3,(H,16,17). The average Bonchev–Trinajstić information content (AvgIpc) is 2.80. The van der Waals surface area contributed by atoms with Gasteiger partial charge in [-0.05, 0) is 38.9 Å². The summed E-state index contributed by atoms with van der Waals surface area (Å²) in [6.07, 6.45) is 11.0. The predicted molar refractivity (Wildman–Crippen MR) is 78.0 cm³/mol. The zero-order valence-corrected chi connectivity index (χ0v) is 12.4. The molecule has 0 radical (unpaired) electrons. The van der Waals surface area contributed by atoms with Gasteiger partial charge in [0.15, 0.2) is 0 Å². The van der Waals surface area contributed by atoms with Gasteiger partial charge in [0, 0.05) is 17.3 Å². The smallest absolute Gasteiger partial charge is 0.237 e. The van der Waals surface area contributed by atoms with Crippen LogP contribution in [0.3, 0.4) is 0 Å². The van der Waals surface area contributed by atoms with Crippen LogP contribution >= 0.6 is 11.8 Å². The zero-order chi connectivity index (χ0) is 13.0. The molecule has 2 N–H and O–H groups in total. The minimum atomic E-state index is -0.0600. The molecule has 104 valence electrons. The van der Waals surface area contributed by atoms with Crippen molar-refractivity contribution in [3.05, 3.63) is 0 Å². The Kier molecular flexibility index (Phi) is 4.96. The van der Waals surface area contributed by atoms with E-state index in [2.05, 4.69) is 16.9 Å². The topological polar surface area (TPSA) is 41.1 Å². The van der Waals surface area contributed by atoms with Crippen LogP contribution in [0.1, 0.15) is 51.9 Å². The Morgan fingerprint density at radius 2 is 2.00 bits per heavy atom. The van der Waals surface area contributed by atoms with Gasteiger partial charge in [-0.2, -0.15) is 11.8 Å². The van der Waals surface area contributed by atoms with E-state index in [4.69, 9.17) is 0 Å². The number of amides is 1. The van der Waals surface area contributed by atoms with Gasteiger partial charge in [0.2, 0.25) is 5.91 Å². The minimum Gasteiger partial charge on any atom is -0.352 e. The Bertz CT molecular complexity index is 280. The third kappa shape index (κ3) is 3.41. The summed E-state index contributed by atoms with van der Waals surface area (Å²) in [6, 6.07) is 0.371. The lowest BCUT2D eigenvalue weighted by Gasteiger charge is -2.41. The maximum atomic E-state index is 12.0. The van der Waals surface area contributed by atoms with Crippen LogP contribution in [0, 0.1) is 0 Å². The summed E-state index contributed by atoms with van der Waals surface area (Å²) in [5.41, 5.74) is 0. The molecule has 3 nitrogen and oxygen atoms in total. The molecule has 1 atom stereocenters. The molecule has 2 aliphatic carbocycles. The van der Waals surface area contributed by atoms with Crippen LogP contribution in [0.5, 0.6) is 0 Å². The van der Waals surface area contributed by atoms with Crippen LogP contribution in [0.2, 0.25) is 0 Å². The Hall–Kier alpha value is -0.220. The lowest BCUT2D eigenvalue weighted by atomic mass is 9.84. The molecule has 0 aromatic carbocycles. The van der Waals surface area contributed by atoms with E-state index < -0.39 is 0 Å². The van der Waals surface area contributed by atoms with Crippen molar-refractivity contribution in [2.24, 2.45) is 0 Å². The highest BCUT2D eigenvalue weighted by atomic mass is 32.2. The fourth-order valence-electron chi connectivity index (χ4n) is 2.85. The van der Waals surface area contributed by atoms with E-state index in [9.17, 15) is 4.79 Å². The van der Waals surface area contributed by atoms with E-state index in [1.807, 2.05) is 18.7 Å². The SMILES string of the molecule is CSC1(CNC(C)C(=O)NC2CCCC2)CCC1. The molecule has 2 saturated carbocycles. The molecule has 0 heterocycles. The summed E-state index contributed by atoms with van der Waals surface area (Å²) >= 11 is 1.95. The lowest BCUT2D eigenvalue weighted by molar-refractivity contribution is -0.123. The van der Waals surface area contributed by atoms with Gasteiger partial charge in [-0.1, -0.05) is 19.3 Å². The largest absolute Gasteiger partial charge is 0.352 e. The molecule has 0 aromatic rings. The molecule has 18 heavy (non-hydrogen) atoms. The molecule has 4 heteroatoms. The quantitative estimate of drug-likeness (QED) is 0.778. The van der Waals surface area contributed by atoms with Gasteiger partial charge >= 0.3 is 0 Å². The van der Waals surface area contributed by atoms with E-state index in [0.717, 1.165) is 19.4 Å². The van der Waals surface area contributed by atoms with Crippen LogP contribution < -0.4 is 10.6 Å². The van der Waals surface area contributed by atoms with E-state index in [0.29, 0.717) is 10.8 Å². The van der Waals surface area contributed by atoms with Crippen LogP contribution in [0.25, 0.3) is 0 Å². The molecule has 0 bridgehead atoms. The molecule has 2 rings (SSSR count). The van der Waals surface area contributed by atoms with Crippen LogP contribution in [-0.4, -0.2) is 35.5 Å². The van der Waals surface area contributed by atoms with Crippen molar-refractivity contribution >= 4 is 17.7 Å². The van der Waals surface area contributed by atoms with E-state index in [1.54, 1.807) is 0 Å². The summed E-state index contributed by atoms with van der Waals surface area (Å²) < 4.78 is 0.405. The molecule has 1 unspecified atom stereocenters. The maximum Gasteiger partial charge on any atom is 0.237 e. The Morgan fingerprint density at radius 3 is 2.50 bits per heavy atom. The van der Waals surface area contributed by atoms with E-state index >= 15 is 0 Å². The first-order valence-corrected chi connectivity index (χ1v) is 8.47. The first-order chi connectivity index (χ1) is 8.65. The molecule has 2 fully saturated rings. The highest BCUT2D eigenvalue weighted by Crippen LogP contribution is 2.42. The normalized spacial score (nSPS) is 24.6. The van der Waals surface area contributed by atoms with E-state index in [-0.39, 0.29) is 11.9 Å². The highest BCUT2D eigenvalue weighted by Gasteiger charge is 2.36. The molecule has 0 aliphatic heterocycles. The number of hydrogen-bond acceptors (Lipinski definition) is 3. The third-order valence-corrected chi connectivity index (χ3v) is 5.94. The maximum absolute atomic E-state index is 12.0. The summed E-state index contributed by atoms with van der Waals surface area (Å²) in [5, 5.41) is 6.58. The second-order valence-electron chi connectivity index (χ2n) is 5.83. The first kappa shape index (κ1) is 14.2. The fraction of sp³-hybridized carbons (Fsp3) is 0.929. The van der Waals surface area contributed by atoms with Gasteiger partial charge in [-0.3, -0.25) is 4.79 Å². The molecule has 1 amide bonds. The number of carbonyl (C=O) groups is 1. The van der Waals surface area contributed by atoms with Gasteiger partial charge in [0.1, 0.15) is 0 Å². The number of hydrogen-bond donors (Lipinski definition) is 2. The number of carbonyl (C=O) groups excluding carboxylic acids is 1. The number of thioether (sulfide) groups is 1.